The Kier molecular flexibility index (Phi) is 8.08. The van der Waals surface area contributed by atoms with Crippen molar-refractivity contribution in [2.45, 2.75) is 0 Å². The molecule has 3 rings (SSSR count). The highest BCUT2D eigenvalue weighted by atomic mass is 16.4. The van der Waals surface area contributed by atoms with Gasteiger partial charge in [0.2, 0.25) is 0 Å². The normalized spacial score (nSPS) is 8.70. The van der Waals surface area contributed by atoms with Gasteiger partial charge in [0.1, 0.15) is 0 Å². The van der Waals surface area contributed by atoms with Crippen LogP contribution in [0.3, 0.4) is 0 Å². The number of carboxylic acid groups (broad SMARTS) is 1. The molecule has 0 aromatic heterocycles. The second-order valence-corrected chi connectivity index (χ2v) is 4.49. The topological polar surface area (TPSA) is 89.3 Å². The molecule has 5 N–H and O–H groups in total. The zero-order valence-electron chi connectivity index (χ0n) is 12.7. The van der Waals surface area contributed by atoms with Gasteiger partial charge in [0.15, 0.2) is 0 Å². The van der Waals surface area contributed by atoms with E-state index >= 15 is 0 Å². The van der Waals surface area contributed by atoms with Crippen molar-refractivity contribution in [1.29, 1.82) is 0 Å². The molecule has 0 saturated carbocycles. The van der Waals surface area contributed by atoms with E-state index in [0.29, 0.717) is 5.56 Å². The SMILES string of the molecule is Nc1ccccc1.Nc1ccccc1.O=C(O)c1ccccc1. The first kappa shape index (κ1) is 17.8. The minimum absolute atomic E-state index is 0.331. The lowest BCUT2D eigenvalue weighted by molar-refractivity contribution is 0.0697. The van der Waals surface area contributed by atoms with Crippen molar-refractivity contribution in [1.82, 2.24) is 0 Å². The Labute approximate surface area is 136 Å². The molecule has 0 fully saturated rings. The van der Waals surface area contributed by atoms with Crippen LogP contribution >= 0.6 is 0 Å². The summed E-state index contributed by atoms with van der Waals surface area (Å²) in [7, 11) is 0. The standard InChI is InChI=1S/C7H6O2.2C6H7N/c8-7(9)6-4-2-1-3-5-6;2*7-6-4-2-1-3-5-6/h1-5H,(H,8,9);2*1-5H,7H2. The monoisotopic (exact) mass is 308 g/mol. The molecule has 4 heteroatoms. The molecule has 0 bridgehead atoms. The van der Waals surface area contributed by atoms with Crippen LogP contribution in [-0.4, -0.2) is 11.1 Å². The Bertz CT molecular complexity index is 634. The van der Waals surface area contributed by atoms with E-state index in [2.05, 4.69) is 0 Å². The third-order valence-electron chi connectivity index (χ3n) is 2.62. The molecular weight excluding hydrogens is 288 g/mol. The zero-order valence-corrected chi connectivity index (χ0v) is 12.7. The number of aromatic carboxylic acids is 1. The molecule has 0 heterocycles. The Morgan fingerprint density at radius 1 is 0.609 bits per heavy atom. The van der Waals surface area contributed by atoms with E-state index in [1.54, 1.807) is 30.3 Å². The number of rotatable bonds is 1. The van der Waals surface area contributed by atoms with Crippen molar-refractivity contribution in [2.24, 2.45) is 0 Å². The molecule has 118 valence electrons. The summed E-state index contributed by atoms with van der Waals surface area (Å²) in [5.41, 5.74) is 12.7. The van der Waals surface area contributed by atoms with Crippen LogP contribution in [-0.2, 0) is 0 Å². The number of carboxylic acids is 1. The van der Waals surface area contributed by atoms with Gasteiger partial charge in [-0.1, -0.05) is 54.6 Å². The molecule has 0 radical (unpaired) electrons. The maximum atomic E-state index is 10.2. The van der Waals surface area contributed by atoms with Crippen molar-refractivity contribution < 1.29 is 9.90 Å². The van der Waals surface area contributed by atoms with E-state index in [1.807, 2.05) is 60.7 Å². The number of anilines is 2. The molecular formula is C19H20N2O2. The van der Waals surface area contributed by atoms with Crippen LogP contribution in [0.4, 0.5) is 11.4 Å². The van der Waals surface area contributed by atoms with E-state index in [-0.39, 0.29) is 0 Å². The highest BCUT2D eigenvalue weighted by molar-refractivity contribution is 5.87. The van der Waals surface area contributed by atoms with Crippen molar-refractivity contribution in [2.75, 3.05) is 11.5 Å². The number of nitrogens with two attached hydrogens (primary N) is 2. The minimum atomic E-state index is -0.879. The molecule has 0 unspecified atom stereocenters. The van der Waals surface area contributed by atoms with E-state index in [1.165, 1.54) is 0 Å². The van der Waals surface area contributed by atoms with Crippen molar-refractivity contribution in [3.63, 3.8) is 0 Å². The van der Waals surface area contributed by atoms with Gasteiger partial charge in [0.25, 0.3) is 0 Å². The summed E-state index contributed by atoms with van der Waals surface area (Å²) in [6.45, 7) is 0. The molecule has 0 spiro atoms. The van der Waals surface area contributed by atoms with E-state index in [9.17, 15) is 4.79 Å². The molecule has 0 saturated heterocycles. The average molecular weight is 308 g/mol. The van der Waals surface area contributed by atoms with Crippen LogP contribution in [0.15, 0.2) is 91.0 Å². The van der Waals surface area contributed by atoms with E-state index < -0.39 is 5.97 Å². The first-order chi connectivity index (χ1) is 11.1. The highest BCUT2D eigenvalue weighted by Crippen LogP contribution is 1.97. The van der Waals surface area contributed by atoms with Crippen molar-refractivity contribution >= 4 is 17.3 Å². The quantitative estimate of drug-likeness (QED) is 0.594. The lowest BCUT2D eigenvalue weighted by atomic mass is 10.2. The fourth-order valence-corrected chi connectivity index (χ4v) is 1.49. The predicted molar refractivity (Wildman–Crippen MR) is 95.1 cm³/mol. The Morgan fingerprint density at radius 3 is 1.09 bits per heavy atom. The van der Waals surface area contributed by atoms with Gasteiger partial charge in [-0.25, -0.2) is 4.79 Å². The number of hydrogen-bond donors (Lipinski definition) is 3. The molecule has 0 amide bonds. The maximum Gasteiger partial charge on any atom is 0.335 e. The summed E-state index contributed by atoms with van der Waals surface area (Å²) in [6, 6.07) is 27.3. The lowest BCUT2D eigenvalue weighted by Gasteiger charge is -1.88. The predicted octanol–water partition coefficient (Wildman–Crippen LogP) is 3.92. The smallest absolute Gasteiger partial charge is 0.335 e. The summed E-state index contributed by atoms with van der Waals surface area (Å²) >= 11 is 0. The number of benzene rings is 3. The summed E-state index contributed by atoms with van der Waals surface area (Å²) in [6.07, 6.45) is 0. The molecule has 23 heavy (non-hydrogen) atoms. The van der Waals surface area contributed by atoms with Crippen LogP contribution in [0.25, 0.3) is 0 Å². The van der Waals surface area contributed by atoms with Gasteiger partial charge >= 0.3 is 5.97 Å². The molecule has 0 aliphatic heterocycles. The summed E-state index contributed by atoms with van der Waals surface area (Å²) < 4.78 is 0. The number of carbonyl (C=O) groups is 1. The summed E-state index contributed by atoms with van der Waals surface area (Å²) in [4.78, 5) is 10.2. The van der Waals surface area contributed by atoms with E-state index in [0.717, 1.165) is 11.4 Å². The number of nitrogen functional groups attached to an aromatic ring is 2. The van der Waals surface area contributed by atoms with Gasteiger partial charge in [0.05, 0.1) is 5.56 Å². The van der Waals surface area contributed by atoms with Crippen LogP contribution in [0.1, 0.15) is 10.4 Å². The maximum absolute atomic E-state index is 10.2. The number of hydrogen-bond acceptors (Lipinski definition) is 3. The highest BCUT2D eigenvalue weighted by Gasteiger charge is 1.96. The second-order valence-electron chi connectivity index (χ2n) is 4.49. The minimum Gasteiger partial charge on any atom is -0.478 e. The van der Waals surface area contributed by atoms with Gasteiger partial charge in [-0.15, -0.1) is 0 Å². The van der Waals surface area contributed by atoms with Crippen LogP contribution in [0.2, 0.25) is 0 Å². The van der Waals surface area contributed by atoms with E-state index in [4.69, 9.17) is 16.6 Å². The van der Waals surface area contributed by atoms with Gasteiger partial charge in [-0.3, -0.25) is 0 Å². The first-order valence-corrected chi connectivity index (χ1v) is 6.99. The largest absolute Gasteiger partial charge is 0.478 e. The Balaban J connectivity index is 0.000000175. The Morgan fingerprint density at radius 2 is 0.913 bits per heavy atom. The molecule has 3 aromatic rings. The zero-order chi connectivity index (χ0) is 16.9. The first-order valence-electron chi connectivity index (χ1n) is 6.99. The fourth-order valence-electron chi connectivity index (χ4n) is 1.49. The summed E-state index contributed by atoms with van der Waals surface area (Å²) in [5, 5.41) is 8.38. The van der Waals surface area contributed by atoms with Gasteiger partial charge < -0.3 is 16.6 Å². The number of para-hydroxylation sites is 2. The average Bonchev–Trinajstić information content (AvgIpc) is 2.58. The molecule has 0 atom stereocenters. The van der Waals surface area contributed by atoms with Crippen LogP contribution < -0.4 is 11.5 Å². The van der Waals surface area contributed by atoms with Gasteiger partial charge in [-0.05, 0) is 36.4 Å². The molecule has 0 aliphatic carbocycles. The molecule has 3 aromatic carbocycles. The second kappa shape index (κ2) is 10.5. The lowest BCUT2D eigenvalue weighted by Crippen LogP contribution is -1.93. The van der Waals surface area contributed by atoms with Crippen LogP contribution in [0, 0.1) is 0 Å². The third kappa shape index (κ3) is 8.57. The Hall–Kier alpha value is -3.27. The van der Waals surface area contributed by atoms with Crippen molar-refractivity contribution in [3.8, 4) is 0 Å². The van der Waals surface area contributed by atoms with Crippen LogP contribution in [0.5, 0.6) is 0 Å². The fraction of sp³-hybridized carbons (Fsp3) is 0. The van der Waals surface area contributed by atoms with Crippen molar-refractivity contribution in [3.05, 3.63) is 96.6 Å². The van der Waals surface area contributed by atoms with Gasteiger partial charge in [-0.2, -0.15) is 0 Å². The van der Waals surface area contributed by atoms with Gasteiger partial charge in [0, 0.05) is 11.4 Å². The molecule has 4 nitrogen and oxygen atoms in total. The third-order valence-corrected chi connectivity index (χ3v) is 2.62. The molecule has 0 aliphatic rings. The summed E-state index contributed by atoms with van der Waals surface area (Å²) in [5.74, 6) is -0.879.